The fraction of sp³-hybridized carbons (Fsp3) is 0.235. The van der Waals surface area contributed by atoms with Gasteiger partial charge in [0, 0.05) is 25.6 Å². The van der Waals surface area contributed by atoms with E-state index in [1.807, 2.05) is 7.05 Å². The molecule has 2 heterocycles. The third-order valence-corrected chi connectivity index (χ3v) is 3.59. The number of nitrogens with zero attached hydrogens (tertiary/aromatic N) is 3. The number of hydrogen-bond donors (Lipinski definition) is 2. The average Bonchev–Trinajstić information content (AvgIpc) is 3.26. The molecule has 2 N–H and O–H groups in total. The fourth-order valence-corrected chi connectivity index (χ4v) is 2.12. The molecule has 1 fully saturated rings. The minimum absolute atomic E-state index is 0.0490. The third-order valence-electron chi connectivity index (χ3n) is 3.59. The molecule has 2 aromatic rings. The van der Waals surface area contributed by atoms with Crippen molar-refractivity contribution in [1.29, 1.82) is 0 Å². The van der Waals surface area contributed by atoms with Crippen molar-refractivity contribution in [3.63, 3.8) is 0 Å². The minimum atomic E-state index is -0.674. The lowest BCUT2D eigenvalue weighted by atomic mass is 10.2. The fourth-order valence-electron chi connectivity index (χ4n) is 2.12. The standard InChI is InChI=1S/C12H9N3O5.C5H9NO/c16-9-3-1-8(2-4-9)12(17)14-13-7-10-5-6-11(20-10)15(18)19;1-6-4-2-3-5(6)7/h1-7,16H,(H,14,17);2-4H2,1H3. The number of phenols is 1. The van der Waals surface area contributed by atoms with E-state index in [-0.39, 0.29) is 11.5 Å². The molecule has 2 amide bonds. The summed E-state index contributed by atoms with van der Waals surface area (Å²) in [7, 11) is 1.84. The molecular formula is C17H18N4O6. The molecule has 1 aromatic heterocycles. The number of furan rings is 1. The Bertz CT molecular complexity index is 843. The van der Waals surface area contributed by atoms with Gasteiger partial charge in [0.15, 0.2) is 5.76 Å². The van der Waals surface area contributed by atoms with Crippen LogP contribution in [0.5, 0.6) is 5.75 Å². The molecule has 142 valence electrons. The maximum absolute atomic E-state index is 11.6. The number of carbonyl (C=O) groups excluding carboxylic acids is 2. The van der Waals surface area contributed by atoms with Gasteiger partial charge in [-0.05, 0) is 36.8 Å². The molecule has 0 atom stereocenters. The number of phenolic OH excluding ortho intramolecular Hbond substituents is 1. The normalized spacial score (nSPS) is 13.4. The number of carbonyl (C=O) groups is 2. The zero-order valence-electron chi connectivity index (χ0n) is 14.5. The lowest BCUT2D eigenvalue weighted by Crippen LogP contribution is -2.17. The van der Waals surface area contributed by atoms with Crippen LogP contribution in [-0.2, 0) is 4.79 Å². The van der Waals surface area contributed by atoms with Crippen LogP contribution in [0.4, 0.5) is 5.88 Å². The Kier molecular flexibility index (Phi) is 6.64. The van der Waals surface area contributed by atoms with Gasteiger partial charge >= 0.3 is 5.88 Å². The number of hydrazone groups is 1. The second kappa shape index (κ2) is 9.13. The maximum atomic E-state index is 11.6. The molecule has 0 saturated carbocycles. The van der Waals surface area contributed by atoms with Gasteiger partial charge in [-0.15, -0.1) is 0 Å². The summed E-state index contributed by atoms with van der Waals surface area (Å²) < 4.78 is 4.82. The van der Waals surface area contributed by atoms with Gasteiger partial charge in [-0.3, -0.25) is 19.7 Å². The highest BCUT2D eigenvalue weighted by Crippen LogP contribution is 2.13. The predicted octanol–water partition coefficient (Wildman–Crippen LogP) is 1.90. The van der Waals surface area contributed by atoms with Crippen molar-refractivity contribution < 1.29 is 24.0 Å². The number of nitrogens with one attached hydrogen (secondary N) is 1. The number of hydrogen-bond acceptors (Lipinski definition) is 7. The molecule has 1 saturated heterocycles. The lowest BCUT2D eigenvalue weighted by Gasteiger charge is -2.03. The Morgan fingerprint density at radius 1 is 1.33 bits per heavy atom. The Morgan fingerprint density at radius 2 is 2.04 bits per heavy atom. The Hall–Kier alpha value is -3.69. The number of rotatable bonds is 4. The van der Waals surface area contributed by atoms with Crippen molar-refractivity contribution in [2.24, 2.45) is 5.10 Å². The van der Waals surface area contributed by atoms with Crippen molar-refractivity contribution in [3.8, 4) is 5.75 Å². The van der Waals surface area contributed by atoms with Gasteiger partial charge in [0.25, 0.3) is 5.91 Å². The summed E-state index contributed by atoms with van der Waals surface area (Å²) in [6, 6.07) is 8.14. The molecule has 3 rings (SSSR count). The van der Waals surface area contributed by atoms with E-state index >= 15 is 0 Å². The molecule has 0 spiro atoms. The van der Waals surface area contributed by atoms with Crippen molar-refractivity contribution >= 4 is 23.9 Å². The molecule has 10 nitrogen and oxygen atoms in total. The maximum Gasteiger partial charge on any atom is 0.433 e. The smallest absolute Gasteiger partial charge is 0.433 e. The van der Waals surface area contributed by atoms with Crippen LogP contribution in [0.1, 0.15) is 29.0 Å². The summed E-state index contributed by atoms with van der Waals surface area (Å²) in [6.07, 6.45) is 2.96. The Balaban J connectivity index is 0.000000313. The summed E-state index contributed by atoms with van der Waals surface area (Å²) >= 11 is 0. The van der Waals surface area contributed by atoms with Crippen LogP contribution < -0.4 is 5.43 Å². The number of likely N-dealkylation sites (tertiary alicyclic amines) is 1. The zero-order chi connectivity index (χ0) is 19.8. The predicted molar refractivity (Wildman–Crippen MR) is 95.4 cm³/mol. The molecule has 10 heteroatoms. The van der Waals surface area contributed by atoms with Crippen molar-refractivity contribution in [1.82, 2.24) is 10.3 Å². The van der Waals surface area contributed by atoms with Crippen LogP contribution in [0.15, 0.2) is 45.9 Å². The first kappa shape index (κ1) is 19.6. The van der Waals surface area contributed by atoms with E-state index in [0.29, 0.717) is 11.5 Å². The van der Waals surface area contributed by atoms with Crippen LogP contribution in [0.3, 0.4) is 0 Å². The third kappa shape index (κ3) is 5.96. The summed E-state index contributed by atoms with van der Waals surface area (Å²) in [5.74, 6) is -0.408. The van der Waals surface area contributed by atoms with Crippen molar-refractivity contribution in [2.75, 3.05) is 13.6 Å². The van der Waals surface area contributed by atoms with Gasteiger partial charge in [0.05, 0.1) is 12.3 Å². The minimum Gasteiger partial charge on any atom is -0.508 e. The van der Waals surface area contributed by atoms with E-state index < -0.39 is 16.7 Å². The highest BCUT2D eigenvalue weighted by Gasteiger charge is 2.14. The van der Waals surface area contributed by atoms with E-state index in [1.165, 1.54) is 36.4 Å². The Labute approximate surface area is 154 Å². The first-order valence-electron chi connectivity index (χ1n) is 7.97. The molecule has 1 aromatic carbocycles. The quantitative estimate of drug-likeness (QED) is 0.476. The molecule has 0 unspecified atom stereocenters. The summed E-state index contributed by atoms with van der Waals surface area (Å²) in [5.41, 5.74) is 2.53. The molecule has 1 aliphatic rings. The average molecular weight is 374 g/mol. The summed E-state index contributed by atoms with van der Waals surface area (Å²) in [6.45, 7) is 0.957. The van der Waals surface area contributed by atoms with Gasteiger partial charge < -0.3 is 14.4 Å². The van der Waals surface area contributed by atoms with E-state index in [4.69, 9.17) is 9.52 Å². The number of nitro groups is 1. The van der Waals surface area contributed by atoms with E-state index in [0.717, 1.165) is 25.6 Å². The van der Waals surface area contributed by atoms with Crippen LogP contribution in [-0.4, -0.2) is 46.6 Å². The number of benzene rings is 1. The topological polar surface area (TPSA) is 138 Å². The highest BCUT2D eigenvalue weighted by molar-refractivity contribution is 5.94. The Morgan fingerprint density at radius 3 is 2.52 bits per heavy atom. The summed E-state index contributed by atoms with van der Waals surface area (Å²) in [5, 5.41) is 23.1. The summed E-state index contributed by atoms with van der Waals surface area (Å²) in [4.78, 5) is 33.6. The van der Waals surface area contributed by atoms with Crippen LogP contribution in [0.25, 0.3) is 0 Å². The second-order valence-electron chi connectivity index (χ2n) is 5.60. The molecule has 0 radical (unpaired) electrons. The monoisotopic (exact) mass is 374 g/mol. The lowest BCUT2D eigenvalue weighted by molar-refractivity contribution is -0.402. The van der Waals surface area contributed by atoms with E-state index in [1.54, 1.807) is 4.90 Å². The van der Waals surface area contributed by atoms with E-state index in [9.17, 15) is 19.7 Å². The van der Waals surface area contributed by atoms with Crippen LogP contribution >= 0.6 is 0 Å². The zero-order valence-corrected chi connectivity index (χ0v) is 14.5. The molecule has 27 heavy (non-hydrogen) atoms. The van der Waals surface area contributed by atoms with Gasteiger partial charge in [0.1, 0.15) is 10.7 Å². The van der Waals surface area contributed by atoms with Gasteiger partial charge in [0.2, 0.25) is 5.91 Å². The molecule has 0 bridgehead atoms. The largest absolute Gasteiger partial charge is 0.508 e. The van der Waals surface area contributed by atoms with Crippen LogP contribution in [0.2, 0.25) is 0 Å². The van der Waals surface area contributed by atoms with Gasteiger partial charge in [-0.25, -0.2) is 5.43 Å². The van der Waals surface area contributed by atoms with Crippen molar-refractivity contribution in [2.45, 2.75) is 12.8 Å². The number of amides is 2. The number of aromatic hydroxyl groups is 1. The molecule has 1 aliphatic heterocycles. The molecular weight excluding hydrogens is 356 g/mol. The molecule has 0 aliphatic carbocycles. The SMILES string of the molecule is CN1CCCC1=O.O=C(NN=Cc1ccc([N+](=O)[O-])o1)c1ccc(O)cc1. The first-order chi connectivity index (χ1) is 12.9. The van der Waals surface area contributed by atoms with Gasteiger partial charge in [-0.2, -0.15) is 5.10 Å². The highest BCUT2D eigenvalue weighted by atomic mass is 16.6. The first-order valence-corrected chi connectivity index (χ1v) is 7.97. The van der Waals surface area contributed by atoms with Crippen molar-refractivity contribution in [3.05, 3.63) is 57.8 Å². The van der Waals surface area contributed by atoms with Crippen LogP contribution in [0, 0.1) is 10.1 Å². The van der Waals surface area contributed by atoms with Gasteiger partial charge in [-0.1, -0.05) is 0 Å². The second-order valence-corrected chi connectivity index (χ2v) is 5.60. The van der Waals surface area contributed by atoms with E-state index in [2.05, 4.69) is 10.5 Å².